The number of carbonyl (C=O) groups excluding carboxylic acids is 2. The number of cyclic esters (lactones) is 1. The molecule has 1 aromatic rings. The molecule has 0 bridgehead atoms. The summed E-state index contributed by atoms with van der Waals surface area (Å²) in [5.74, 6) is -0.0573. The predicted octanol–water partition coefficient (Wildman–Crippen LogP) is 3.09. The summed E-state index contributed by atoms with van der Waals surface area (Å²) >= 11 is 0. The van der Waals surface area contributed by atoms with E-state index >= 15 is 0 Å². The first kappa shape index (κ1) is 13.8. The minimum Gasteiger partial charge on any atom is -0.462 e. The largest absolute Gasteiger partial charge is 0.462 e. The van der Waals surface area contributed by atoms with Gasteiger partial charge in [-0.2, -0.15) is 0 Å². The molecule has 0 aromatic heterocycles. The number of aldehydes is 1. The summed E-state index contributed by atoms with van der Waals surface area (Å²) in [6.45, 7) is 4.16. The van der Waals surface area contributed by atoms with Gasteiger partial charge in [0.1, 0.15) is 12.4 Å². The van der Waals surface area contributed by atoms with Gasteiger partial charge in [0.25, 0.3) is 0 Å². The molecule has 3 heteroatoms. The Labute approximate surface area is 114 Å². The van der Waals surface area contributed by atoms with Crippen molar-refractivity contribution in [2.24, 2.45) is 5.41 Å². The highest BCUT2D eigenvalue weighted by Crippen LogP contribution is 2.44. The standard InChI is InChI=1S/C16H20O3/c1-16(2,14-8-9-15(18)19-14)13(10-11-17)12-6-4-3-5-7-12/h3-7,11,13-14H,8-10H2,1-2H3/t13-,14?/m0/s1. The van der Waals surface area contributed by atoms with Gasteiger partial charge in [0.15, 0.2) is 0 Å². The topological polar surface area (TPSA) is 43.4 Å². The average molecular weight is 260 g/mol. The van der Waals surface area contributed by atoms with E-state index in [1.807, 2.05) is 30.3 Å². The molecule has 102 valence electrons. The number of rotatable bonds is 5. The summed E-state index contributed by atoms with van der Waals surface area (Å²) in [7, 11) is 0. The van der Waals surface area contributed by atoms with Crippen molar-refractivity contribution in [2.75, 3.05) is 0 Å². The van der Waals surface area contributed by atoms with Crippen molar-refractivity contribution < 1.29 is 14.3 Å². The molecule has 0 amide bonds. The van der Waals surface area contributed by atoms with Crippen LogP contribution in [0.3, 0.4) is 0 Å². The van der Waals surface area contributed by atoms with Gasteiger partial charge in [0.2, 0.25) is 0 Å². The Morgan fingerprint density at radius 3 is 2.58 bits per heavy atom. The van der Waals surface area contributed by atoms with Gasteiger partial charge in [-0.15, -0.1) is 0 Å². The van der Waals surface area contributed by atoms with Gasteiger partial charge in [-0.25, -0.2) is 0 Å². The Morgan fingerprint density at radius 2 is 2.05 bits per heavy atom. The molecule has 1 heterocycles. The van der Waals surface area contributed by atoms with Crippen molar-refractivity contribution in [3.8, 4) is 0 Å². The van der Waals surface area contributed by atoms with Crippen molar-refractivity contribution in [1.82, 2.24) is 0 Å². The summed E-state index contributed by atoms with van der Waals surface area (Å²) in [6.07, 6.45) is 2.52. The minimum atomic E-state index is -0.242. The van der Waals surface area contributed by atoms with Crippen LogP contribution in [-0.4, -0.2) is 18.4 Å². The lowest BCUT2D eigenvalue weighted by Gasteiger charge is -2.37. The number of hydrogen-bond acceptors (Lipinski definition) is 3. The smallest absolute Gasteiger partial charge is 0.306 e. The molecule has 19 heavy (non-hydrogen) atoms. The molecular formula is C16H20O3. The summed E-state index contributed by atoms with van der Waals surface area (Å²) in [5.41, 5.74) is 0.886. The van der Waals surface area contributed by atoms with E-state index in [1.54, 1.807) is 0 Å². The predicted molar refractivity (Wildman–Crippen MR) is 72.8 cm³/mol. The average Bonchev–Trinajstić information content (AvgIpc) is 2.84. The lowest BCUT2D eigenvalue weighted by Crippen LogP contribution is -2.35. The second kappa shape index (κ2) is 5.55. The highest BCUT2D eigenvalue weighted by atomic mass is 16.5. The maximum absolute atomic E-state index is 11.3. The molecule has 1 aromatic carbocycles. The minimum absolute atomic E-state index is 0.0714. The molecule has 1 saturated heterocycles. The van der Waals surface area contributed by atoms with E-state index < -0.39 is 0 Å². The van der Waals surface area contributed by atoms with Crippen molar-refractivity contribution >= 4 is 12.3 Å². The van der Waals surface area contributed by atoms with Crippen LogP contribution in [0.1, 0.15) is 44.6 Å². The molecule has 0 saturated carbocycles. The third kappa shape index (κ3) is 2.86. The number of hydrogen-bond donors (Lipinski definition) is 0. The van der Waals surface area contributed by atoms with Crippen LogP contribution < -0.4 is 0 Å². The molecule has 2 atom stereocenters. The van der Waals surface area contributed by atoms with Crippen molar-refractivity contribution in [2.45, 2.75) is 45.1 Å². The Hall–Kier alpha value is -1.64. The van der Waals surface area contributed by atoms with Gasteiger partial charge in [0.05, 0.1) is 0 Å². The second-order valence-corrected chi connectivity index (χ2v) is 5.70. The van der Waals surface area contributed by atoms with E-state index in [9.17, 15) is 9.59 Å². The first-order valence-corrected chi connectivity index (χ1v) is 6.73. The van der Waals surface area contributed by atoms with Crippen LogP contribution in [0.2, 0.25) is 0 Å². The van der Waals surface area contributed by atoms with Crippen LogP contribution in [0.25, 0.3) is 0 Å². The molecule has 0 N–H and O–H groups in total. The van der Waals surface area contributed by atoms with E-state index in [0.717, 1.165) is 18.3 Å². The highest BCUT2D eigenvalue weighted by molar-refractivity contribution is 5.71. The van der Waals surface area contributed by atoms with Crippen molar-refractivity contribution in [3.05, 3.63) is 35.9 Å². The van der Waals surface area contributed by atoms with Gasteiger partial charge in [-0.05, 0) is 17.9 Å². The van der Waals surface area contributed by atoms with Gasteiger partial charge in [0, 0.05) is 18.3 Å². The molecule has 0 radical (unpaired) electrons. The maximum Gasteiger partial charge on any atom is 0.306 e. The van der Waals surface area contributed by atoms with Crippen molar-refractivity contribution in [1.29, 1.82) is 0 Å². The van der Waals surface area contributed by atoms with Crippen LogP contribution >= 0.6 is 0 Å². The first-order chi connectivity index (χ1) is 9.05. The fourth-order valence-corrected chi connectivity index (χ4v) is 2.92. The third-order valence-electron chi connectivity index (χ3n) is 4.15. The zero-order valence-corrected chi connectivity index (χ0v) is 11.5. The quantitative estimate of drug-likeness (QED) is 0.603. The second-order valence-electron chi connectivity index (χ2n) is 5.70. The molecule has 1 fully saturated rings. The van der Waals surface area contributed by atoms with E-state index in [4.69, 9.17) is 4.74 Å². The molecule has 1 aliphatic rings. The summed E-state index contributed by atoms with van der Waals surface area (Å²) in [5, 5.41) is 0. The number of carbonyl (C=O) groups is 2. The number of esters is 1. The molecule has 3 nitrogen and oxygen atoms in total. The van der Waals surface area contributed by atoms with Gasteiger partial charge in [-0.3, -0.25) is 4.79 Å². The zero-order chi connectivity index (χ0) is 13.9. The fourth-order valence-electron chi connectivity index (χ4n) is 2.92. The summed E-state index contributed by atoms with van der Waals surface area (Å²) in [4.78, 5) is 22.3. The Morgan fingerprint density at radius 1 is 1.37 bits per heavy atom. The van der Waals surface area contributed by atoms with E-state index in [0.29, 0.717) is 12.8 Å². The molecule has 1 unspecified atom stereocenters. The van der Waals surface area contributed by atoms with Gasteiger partial charge >= 0.3 is 5.97 Å². The van der Waals surface area contributed by atoms with Gasteiger partial charge in [-0.1, -0.05) is 44.2 Å². The number of ether oxygens (including phenoxy) is 1. The molecule has 0 spiro atoms. The first-order valence-electron chi connectivity index (χ1n) is 6.73. The SMILES string of the molecule is CC(C)(C1CCC(=O)O1)[C@@H](CC=O)c1ccccc1. The normalized spacial score (nSPS) is 20.9. The summed E-state index contributed by atoms with van der Waals surface area (Å²) in [6, 6.07) is 9.98. The third-order valence-corrected chi connectivity index (χ3v) is 4.15. The lowest BCUT2D eigenvalue weighted by atomic mass is 9.69. The zero-order valence-electron chi connectivity index (χ0n) is 11.5. The van der Waals surface area contributed by atoms with Gasteiger partial charge < -0.3 is 9.53 Å². The monoisotopic (exact) mass is 260 g/mol. The van der Waals surface area contributed by atoms with Crippen LogP contribution in [0, 0.1) is 5.41 Å². The Bertz CT molecular complexity index is 450. The van der Waals surface area contributed by atoms with Crippen LogP contribution in [0.4, 0.5) is 0 Å². The fraction of sp³-hybridized carbons (Fsp3) is 0.500. The summed E-state index contributed by atoms with van der Waals surface area (Å²) < 4.78 is 5.42. The molecule has 1 aliphatic heterocycles. The maximum atomic E-state index is 11.3. The molecule has 2 rings (SSSR count). The van der Waals surface area contributed by atoms with Crippen LogP contribution in [0.15, 0.2) is 30.3 Å². The lowest BCUT2D eigenvalue weighted by molar-refractivity contribution is -0.146. The number of benzene rings is 1. The van der Waals surface area contributed by atoms with Crippen LogP contribution in [0.5, 0.6) is 0 Å². The molecular weight excluding hydrogens is 240 g/mol. The highest BCUT2D eigenvalue weighted by Gasteiger charge is 2.42. The molecule has 0 aliphatic carbocycles. The van der Waals surface area contributed by atoms with E-state index in [1.165, 1.54) is 0 Å². The van der Waals surface area contributed by atoms with Crippen LogP contribution in [-0.2, 0) is 14.3 Å². The van der Waals surface area contributed by atoms with Crippen molar-refractivity contribution in [3.63, 3.8) is 0 Å². The Balaban J connectivity index is 2.27. The van der Waals surface area contributed by atoms with E-state index in [-0.39, 0.29) is 23.4 Å². The Kier molecular flexibility index (Phi) is 4.03. The van der Waals surface area contributed by atoms with E-state index in [2.05, 4.69) is 13.8 Å².